The summed E-state index contributed by atoms with van der Waals surface area (Å²) < 4.78 is 0.409. The zero-order chi connectivity index (χ0) is 23.3. The van der Waals surface area contributed by atoms with Crippen molar-refractivity contribution in [3.63, 3.8) is 0 Å². The minimum atomic E-state index is -0.721. The lowest BCUT2D eigenvalue weighted by Gasteiger charge is -2.14. The quantitative estimate of drug-likeness (QED) is 0.225. The Balaban J connectivity index is 1.60. The molecule has 0 saturated carbocycles. The average Bonchev–Trinajstić information content (AvgIpc) is 3.00. The number of unbranched alkanes of at least 4 members (excludes halogenated alkanes) is 7. The Labute approximate surface area is 199 Å². The van der Waals surface area contributed by atoms with Crippen LogP contribution in [0.25, 0.3) is 6.08 Å². The maximum Gasteiger partial charge on any atom is 0.303 e. The number of benzene rings is 1. The van der Waals surface area contributed by atoms with Crippen molar-refractivity contribution >= 4 is 52.2 Å². The first kappa shape index (κ1) is 26.1. The lowest BCUT2D eigenvalue weighted by atomic mass is 10.1. The first-order valence-electron chi connectivity index (χ1n) is 11.2. The van der Waals surface area contributed by atoms with E-state index in [0.29, 0.717) is 15.8 Å². The number of thiocarbonyl (C=S) groups is 1. The molecular weight excluding hydrogens is 444 g/mol. The van der Waals surface area contributed by atoms with E-state index in [1.54, 1.807) is 0 Å². The van der Waals surface area contributed by atoms with Gasteiger partial charge in [-0.2, -0.15) is 0 Å². The number of amides is 2. The number of hydrogen-bond donors (Lipinski definition) is 2. The van der Waals surface area contributed by atoms with Gasteiger partial charge in [0.05, 0.1) is 4.91 Å². The number of aryl methyl sites for hydroxylation is 1. The predicted molar refractivity (Wildman–Crippen MR) is 133 cm³/mol. The van der Waals surface area contributed by atoms with E-state index in [1.807, 2.05) is 37.3 Å². The molecule has 0 aromatic heterocycles. The van der Waals surface area contributed by atoms with Crippen molar-refractivity contribution in [2.75, 3.05) is 13.1 Å². The summed E-state index contributed by atoms with van der Waals surface area (Å²) in [6, 6.07) is 7.88. The number of carboxylic acid groups (broad SMARTS) is 1. The Kier molecular flexibility index (Phi) is 11.5. The van der Waals surface area contributed by atoms with E-state index in [9.17, 15) is 14.4 Å². The molecule has 2 amide bonds. The second-order valence-corrected chi connectivity index (χ2v) is 9.68. The van der Waals surface area contributed by atoms with Crippen molar-refractivity contribution in [2.24, 2.45) is 0 Å². The number of carboxylic acids is 1. The van der Waals surface area contributed by atoms with Crippen LogP contribution in [0, 0.1) is 6.92 Å². The van der Waals surface area contributed by atoms with Crippen molar-refractivity contribution in [1.29, 1.82) is 0 Å². The van der Waals surface area contributed by atoms with Crippen LogP contribution in [0.3, 0.4) is 0 Å². The third-order valence-corrected chi connectivity index (χ3v) is 6.57. The fourth-order valence-electron chi connectivity index (χ4n) is 3.34. The molecule has 0 spiro atoms. The van der Waals surface area contributed by atoms with Crippen LogP contribution in [-0.4, -0.2) is 45.2 Å². The molecule has 2 N–H and O–H groups in total. The number of rotatable bonds is 14. The minimum Gasteiger partial charge on any atom is -0.481 e. The Hall–Kier alpha value is -2.19. The Morgan fingerprint density at radius 3 is 2.25 bits per heavy atom. The SMILES string of the molecule is Cc1ccc(/C=C2/SC(=S)N(CC(=O)NCCCCCCCCCCC(=O)O)C2=O)cc1. The summed E-state index contributed by atoms with van der Waals surface area (Å²) in [6.45, 7) is 2.55. The number of aliphatic carboxylic acids is 1. The molecule has 1 saturated heterocycles. The zero-order valence-corrected chi connectivity index (χ0v) is 20.2. The molecule has 1 aliphatic rings. The van der Waals surface area contributed by atoms with Crippen LogP contribution in [0.15, 0.2) is 29.2 Å². The molecule has 174 valence electrons. The summed E-state index contributed by atoms with van der Waals surface area (Å²) in [5.41, 5.74) is 2.08. The molecule has 0 bridgehead atoms. The van der Waals surface area contributed by atoms with Gasteiger partial charge in [0.15, 0.2) is 0 Å². The maximum atomic E-state index is 12.6. The molecule has 1 fully saturated rings. The summed E-state index contributed by atoms with van der Waals surface area (Å²) >= 11 is 6.53. The van der Waals surface area contributed by atoms with Crippen molar-refractivity contribution in [3.8, 4) is 0 Å². The van der Waals surface area contributed by atoms with Gasteiger partial charge in [-0.25, -0.2) is 0 Å². The van der Waals surface area contributed by atoms with Gasteiger partial charge in [-0.3, -0.25) is 19.3 Å². The van der Waals surface area contributed by atoms with E-state index in [4.69, 9.17) is 17.3 Å². The highest BCUT2D eigenvalue weighted by atomic mass is 32.2. The van der Waals surface area contributed by atoms with E-state index < -0.39 is 5.97 Å². The fourth-order valence-corrected chi connectivity index (χ4v) is 4.59. The number of nitrogens with zero attached hydrogens (tertiary/aromatic N) is 1. The monoisotopic (exact) mass is 476 g/mol. The van der Waals surface area contributed by atoms with E-state index in [2.05, 4.69) is 5.32 Å². The summed E-state index contributed by atoms with van der Waals surface area (Å²) in [7, 11) is 0. The van der Waals surface area contributed by atoms with E-state index in [-0.39, 0.29) is 24.8 Å². The molecule has 0 radical (unpaired) electrons. The lowest BCUT2D eigenvalue weighted by molar-refractivity contribution is -0.137. The van der Waals surface area contributed by atoms with Crippen LogP contribution in [0.5, 0.6) is 0 Å². The highest BCUT2D eigenvalue weighted by Crippen LogP contribution is 2.32. The van der Waals surface area contributed by atoms with Crippen molar-refractivity contribution in [1.82, 2.24) is 10.2 Å². The van der Waals surface area contributed by atoms with Gasteiger partial charge in [-0.15, -0.1) is 0 Å². The van der Waals surface area contributed by atoms with Gasteiger partial charge in [0.1, 0.15) is 10.9 Å². The van der Waals surface area contributed by atoms with Gasteiger partial charge >= 0.3 is 5.97 Å². The van der Waals surface area contributed by atoms with E-state index in [0.717, 1.165) is 62.5 Å². The van der Waals surface area contributed by atoms with Gasteiger partial charge in [0, 0.05) is 13.0 Å². The maximum absolute atomic E-state index is 12.6. The lowest BCUT2D eigenvalue weighted by Crippen LogP contribution is -2.39. The normalized spacial score (nSPS) is 14.9. The Morgan fingerprint density at radius 1 is 1.03 bits per heavy atom. The number of thioether (sulfide) groups is 1. The zero-order valence-electron chi connectivity index (χ0n) is 18.6. The molecule has 0 unspecified atom stereocenters. The standard InChI is InChI=1S/C24H32N2O4S2/c1-18-11-13-19(14-12-18)16-20-23(30)26(24(31)32-20)17-21(27)25-15-9-7-5-3-2-4-6-8-10-22(28)29/h11-14,16H,2-10,15,17H2,1H3,(H,25,27)(H,28,29)/b20-16+. The van der Waals surface area contributed by atoms with Crippen LogP contribution in [0.1, 0.15) is 68.9 Å². The molecule has 8 heteroatoms. The van der Waals surface area contributed by atoms with Crippen LogP contribution in [-0.2, 0) is 14.4 Å². The molecule has 1 heterocycles. The Morgan fingerprint density at radius 2 is 1.62 bits per heavy atom. The highest BCUT2D eigenvalue weighted by molar-refractivity contribution is 8.26. The molecule has 1 aliphatic heterocycles. The van der Waals surface area contributed by atoms with E-state index >= 15 is 0 Å². The van der Waals surface area contributed by atoms with E-state index in [1.165, 1.54) is 16.7 Å². The van der Waals surface area contributed by atoms with Crippen LogP contribution in [0.4, 0.5) is 0 Å². The van der Waals surface area contributed by atoms with Crippen LogP contribution < -0.4 is 5.32 Å². The minimum absolute atomic E-state index is 0.0494. The second kappa shape index (κ2) is 14.1. The topological polar surface area (TPSA) is 86.7 Å². The van der Waals surface area contributed by atoms with Gasteiger partial charge in [0.25, 0.3) is 5.91 Å². The summed E-state index contributed by atoms with van der Waals surface area (Å²) in [6.07, 6.45) is 10.2. The summed E-state index contributed by atoms with van der Waals surface area (Å²) in [5.74, 6) is -1.14. The van der Waals surface area contributed by atoms with Gasteiger partial charge in [-0.1, -0.05) is 92.3 Å². The third kappa shape index (κ3) is 9.53. The largest absolute Gasteiger partial charge is 0.481 e. The molecule has 1 aromatic carbocycles. The summed E-state index contributed by atoms with van der Waals surface area (Å²) in [5, 5.41) is 11.5. The first-order chi connectivity index (χ1) is 15.4. The third-order valence-electron chi connectivity index (χ3n) is 5.19. The van der Waals surface area contributed by atoms with Crippen LogP contribution >= 0.6 is 24.0 Å². The summed E-state index contributed by atoms with van der Waals surface area (Å²) in [4.78, 5) is 37.2. The number of hydrogen-bond acceptors (Lipinski definition) is 5. The molecular formula is C24H32N2O4S2. The van der Waals surface area contributed by atoms with Gasteiger partial charge in [-0.05, 0) is 31.4 Å². The molecule has 1 aromatic rings. The highest BCUT2D eigenvalue weighted by Gasteiger charge is 2.33. The van der Waals surface area contributed by atoms with Crippen molar-refractivity contribution in [3.05, 3.63) is 40.3 Å². The molecule has 0 atom stereocenters. The molecule has 6 nitrogen and oxygen atoms in total. The smallest absolute Gasteiger partial charge is 0.303 e. The predicted octanol–water partition coefficient (Wildman–Crippen LogP) is 4.91. The molecule has 0 aliphatic carbocycles. The first-order valence-corrected chi connectivity index (χ1v) is 12.4. The van der Waals surface area contributed by atoms with Gasteiger partial charge in [0.2, 0.25) is 5.91 Å². The molecule has 32 heavy (non-hydrogen) atoms. The fraction of sp³-hybridized carbons (Fsp3) is 0.500. The van der Waals surface area contributed by atoms with Crippen LogP contribution in [0.2, 0.25) is 0 Å². The van der Waals surface area contributed by atoms with Gasteiger partial charge < -0.3 is 10.4 Å². The number of carbonyl (C=O) groups is 3. The number of nitrogens with one attached hydrogen (secondary N) is 1. The van der Waals surface area contributed by atoms with Crippen molar-refractivity contribution in [2.45, 2.75) is 64.7 Å². The second-order valence-electron chi connectivity index (χ2n) is 8.00. The van der Waals surface area contributed by atoms with Crippen molar-refractivity contribution < 1.29 is 19.5 Å². The average molecular weight is 477 g/mol. The Bertz CT molecular complexity index is 837. The molecule has 2 rings (SSSR count). The number of carbonyl (C=O) groups excluding carboxylic acids is 2.